The average molecular weight is 364 g/mol. The van der Waals surface area contributed by atoms with Gasteiger partial charge < -0.3 is 15.4 Å². The minimum atomic E-state index is -4.50. The van der Waals surface area contributed by atoms with Gasteiger partial charge in [0.15, 0.2) is 11.4 Å². The van der Waals surface area contributed by atoms with Crippen LogP contribution in [0.3, 0.4) is 0 Å². The Hall–Kier alpha value is -2.93. The van der Waals surface area contributed by atoms with Crippen LogP contribution in [0.5, 0.6) is 5.75 Å². The van der Waals surface area contributed by atoms with Crippen LogP contribution in [0.2, 0.25) is 0 Å². The van der Waals surface area contributed by atoms with E-state index in [0.29, 0.717) is 30.4 Å². The van der Waals surface area contributed by atoms with E-state index in [1.807, 2.05) is 6.07 Å². The summed E-state index contributed by atoms with van der Waals surface area (Å²) < 4.78 is 43.5. The molecule has 0 aromatic carbocycles. The number of ether oxygens (including phenoxy) is 1. The quantitative estimate of drug-likeness (QED) is 0.861. The molecule has 1 aliphatic rings. The summed E-state index contributed by atoms with van der Waals surface area (Å²) in [6.07, 6.45) is 0.00850. The predicted octanol–water partition coefficient (Wildman–Crippen LogP) is 2.64. The zero-order valence-corrected chi connectivity index (χ0v) is 13.5. The van der Waals surface area contributed by atoms with Crippen LogP contribution in [-0.2, 0) is 6.18 Å². The lowest BCUT2D eigenvalue weighted by Crippen LogP contribution is -2.37. The van der Waals surface area contributed by atoms with Gasteiger partial charge >= 0.3 is 6.18 Å². The van der Waals surface area contributed by atoms with E-state index >= 15 is 0 Å². The molecular weight excluding hydrogens is 349 g/mol. The Morgan fingerprint density at radius 1 is 1.23 bits per heavy atom. The molecule has 0 saturated carbocycles. The van der Waals surface area contributed by atoms with Crippen LogP contribution in [0.1, 0.15) is 24.1 Å². The van der Waals surface area contributed by atoms with Crippen molar-refractivity contribution in [2.75, 3.05) is 18.4 Å². The van der Waals surface area contributed by atoms with Gasteiger partial charge in [-0.05, 0) is 19.4 Å². The minimum Gasteiger partial charge on any atom is -0.486 e. The number of piperidine rings is 1. The number of aromatic nitrogens is 3. The molecular formula is C16H15F3N6O. The third-order valence-electron chi connectivity index (χ3n) is 3.74. The molecule has 2 N–H and O–H groups in total. The SMILES string of the molecule is N#Cc1ncc(Nc2ncc(C(F)(F)F)cn2)cc1OC1CCCNC1. The number of hydrogen-bond donors (Lipinski definition) is 2. The first-order chi connectivity index (χ1) is 12.5. The lowest BCUT2D eigenvalue weighted by atomic mass is 10.1. The summed E-state index contributed by atoms with van der Waals surface area (Å²) in [5.74, 6) is 0.285. The second kappa shape index (κ2) is 7.53. The fourth-order valence-corrected chi connectivity index (χ4v) is 2.45. The van der Waals surface area contributed by atoms with Crippen LogP contribution in [0, 0.1) is 11.3 Å². The number of nitriles is 1. The molecule has 1 atom stereocenters. The third-order valence-corrected chi connectivity index (χ3v) is 3.74. The molecule has 26 heavy (non-hydrogen) atoms. The summed E-state index contributed by atoms with van der Waals surface area (Å²) in [6, 6.07) is 3.52. The summed E-state index contributed by atoms with van der Waals surface area (Å²) in [7, 11) is 0. The molecule has 0 spiro atoms. The van der Waals surface area contributed by atoms with E-state index in [9.17, 15) is 18.4 Å². The highest BCUT2D eigenvalue weighted by molar-refractivity contribution is 5.56. The van der Waals surface area contributed by atoms with Crippen molar-refractivity contribution in [2.45, 2.75) is 25.1 Å². The van der Waals surface area contributed by atoms with E-state index in [4.69, 9.17) is 4.74 Å². The molecule has 0 aliphatic carbocycles. The summed E-state index contributed by atoms with van der Waals surface area (Å²) in [6.45, 7) is 1.60. The normalized spacial score (nSPS) is 17.4. The first-order valence-corrected chi connectivity index (χ1v) is 7.89. The topological polar surface area (TPSA) is 95.8 Å². The first-order valence-electron chi connectivity index (χ1n) is 7.89. The lowest BCUT2D eigenvalue weighted by Gasteiger charge is -2.24. The third kappa shape index (κ3) is 4.37. The maximum Gasteiger partial charge on any atom is 0.419 e. The van der Waals surface area contributed by atoms with Gasteiger partial charge in [0.2, 0.25) is 5.95 Å². The number of nitrogens with one attached hydrogen (secondary N) is 2. The molecule has 7 nitrogen and oxygen atoms in total. The van der Waals surface area contributed by atoms with Gasteiger partial charge in [-0.25, -0.2) is 15.0 Å². The van der Waals surface area contributed by atoms with Crippen molar-refractivity contribution in [3.05, 3.63) is 35.9 Å². The second-order valence-corrected chi connectivity index (χ2v) is 5.69. The summed E-state index contributed by atoms with van der Waals surface area (Å²) in [5, 5.41) is 15.1. The molecule has 2 aromatic rings. The number of halogens is 3. The zero-order valence-electron chi connectivity index (χ0n) is 13.5. The van der Waals surface area contributed by atoms with E-state index in [0.717, 1.165) is 19.4 Å². The van der Waals surface area contributed by atoms with Gasteiger partial charge in [-0.2, -0.15) is 18.4 Å². The van der Waals surface area contributed by atoms with Crippen molar-refractivity contribution in [1.29, 1.82) is 5.26 Å². The summed E-state index contributed by atoms with van der Waals surface area (Å²) >= 11 is 0. The Balaban J connectivity index is 1.75. The lowest BCUT2D eigenvalue weighted by molar-refractivity contribution is -0.138. The smallest absolute Gasteiger partial charge is 0.419 e. The molecule has 0 amide bonds. The Bertz CT molecular complexity index is 797. The van der Waals surface area contributed by atoms with Crippen molar-refractivity contribution in [3.63, 3.8) is 0 Å². The van der Waals surface area contributed by atoms with Crippen molar-refractivity contribution >= 4 is 11.6 Å². The minimum absolute atomic E-state index is 0.0187. The number of hydrogen-bond acceptors (Lipinski definition) is 7. The Morgan fingerprint density at radius 3 is 2.62 bits per heavy atom. The molecule has 1 fully saturated rings. The van der Waals surface area contributed by atoms with Gasteiger partial charge in [0.1, 0.15) is 12.2 Å². The molecule has 0 radical (unpaired) electrons. The van der Waals surface area contributed by atoms with Crippen LogP contribution in [0.15, 0.2) is 24.7 Å². The zero-order chi connectivity index (χ0) is 18.6. The van der Waals surface area contributed by atoms with Gasteiger partial charge in [0.05, 0.1) is 17.4 Å². The molecule has 1 aliphatic heterocycles. The van der Waals surface area contributed by atoms with E-state index in [-0.39, 0.29) is 17.7 Å². The molecule has 3 rings (SSSR count). The molecule has 136 valence electrons. The van der Waals surface area contributed by atoms with Crippen molar-refractivity contribution in [1.82, 2.24) is 20.3 Å². The van der Waals surface area contributed by atoms with Crippen molar-refractivity contribution in [3.8, 4) is 11.8 Å². The van der Waals surface area contributed by atoms with Crippen molar-refractivity contribution < 1.29 is 17.9 Å². The Morgan fingerprint density at radius 2 is 2.00 bits per heavy atom. The summed E-state index contributed by atoms with van der Waals surface area (Å²) in [4.78, 5) is 11.3. The predicted molar refractivity (Wildman–Crippen MR) is 85.8 cm³/mol. The van der Waals surface area contributed by atoms with Gasteiger partial charge in [-0.1, -0.05) is 0 Å². The maximum atomic E-state index is 12.5. The largest absolute Gasteiger partial charge is 0.486 e. The second-order valence-electron chi connectivity index (χ2n) is 5.69. The van der Waals surface area contributed by atoms with Gasteiger partial charge in [0, 0.05) is 25.0 Å². The number of pyridine rings is 1. The van der Waals surface area contributed by atoms with Crippen LogP contribution < -0.4 is 15.4 Å². The molecule has 3 heterocycles. The highest BCUT2D eigenvalue weighted by Gasteiger charge is 2.31. The van der Waals surface area contributed by atoms with E-state index < -0.39 is 11.7 Å². The van der Waals surface area contributed by atoms with Gasteiger partial charge in [0.25, 0.3) is 0 Å². The monoisotopic (exact) mass is 364 g/mol. The highest BCUT2D eigenvalue weighted by atomic mass is 19.4. The van der Waals surface area contributed by atoms with Crippen LogP contribution in [-0.4, -0.2) is 34.1 Å². The van der Waals surface area contributed by atoms with E-state index in [1.165, 1.54) is 6.20 Å². The van der Waals surface area contributed by atoms with Gasteiger partial charge in [-0.3, -0.25) is 0 Å². The van der Waals surface area contributed by atoms with E-state index in [2.05, 4.69) is 25.6 Å². The number of alkyl halides is 3. The maximum absolute atomic E-state index is 12.5. The average Bonchev–Trinajstić information content (AvgIpc) is 2.63. The van der Waals surface area contributed by atoms with Crippen LogP contribution in [0.4, 0.5) is 24.8 Å². The fourth-order valence-electron chi connectivity index (χ4n) is 2.45. The standard InChI is InChI=1S/C16H15F3N6O/c17-16(18,19)10-6-23-15(24-7-10)25-11-4-14(13(5-20)22-8-11)26-12-2-1-3-21-9-12/h4,6-8,12,21H,1-3,9H2,(H,23,24,25). The van der Waals surface area contributed by atoms with Crippen LogP contribution >= 0.6 is 0 Å². The van der Waals surface area contributed by atoms with Gasteiger partial charge in [-0.15, -0.1) is 0 Å². The summed E-state index contributed by atoms with van der Waals surface area (Å²) in [5.41, 5.74) is -0.396. The number of anilines is 2. The molecule has 10 heteroatoms. The molecule has 2 aromatic heterocycles. The molecule has 1 unspecified atom stereocenters. The highest BCUT2D eigenvalue weighted by Crippen LogP contribution is 2.29. The number of nitrogens with zero attached hydrogens (tertiary/aromatic N) is 4. The van der Waals surface area contributed by atoms with Crippen molar-refractivity contribution in [2.24, 2.45) is 0 Å². The van der Waals surface area contributed by atoms with E-state index in [1.54, 1.807) is 6.07 Å². The molecule has 0 bridgehead atoms. The first kappa shape index (κ1) is 17.9. The number of rotatable bonds is 4. The fraction of sp³-hybridized carbons (Fsp3) is 0.375. The Labute approximate surface area is 147 Å². The Kier molecular flexibility index (Phi) is 5.18. The molecule has 1 saturated heterocycles. The van der Waals surface area contributed by atoms with Crippen LogP contribution in [0.25, 0.3) is 0 Å².